The molecule has 0 spiro atoms. The van der Waals surface area contributed by atoms with Crippen LogP contribution in [0.15, 0.2) is 73.1 Å². The van der Waals surface area contributed by atoms with E-state index in [1.54, 1.807) is 12.4 Å². The van der Waals surface area contributed by atoms with Crippen molar-refractivity contribution in [2.24, 2.45) is 0 Å². The summed E-state index contributed by atoms with van der Waals surface area (Å²) in [5.41, 5.74) is 3.78. The zero-order valence-electron chi connectivity index (χ0n) is 16.7. The molecular weight excluding hydrogens is 358 g/mol. The van der Waals surface area contributed by atoms with Gasteiger partial charge in [-0.25, -0.2) is 9.97 Å². The number of unbranched alkanes of at least 4 members (excludes halogenated alkanes) is 2. The van der Waals surface area contributed by atoms with Crippen LogP contribution in [0.3, 0.4) is 0 Å². The van der Waals surface area contributed by atoms with Crippen molar-refractivity contribution in [3.05, 3.63) is 78.6 Å². The van der Waals surface area contributed by atoms with Gasteiger partial charge < -0.3 is 4.74 Å². The highest BCUT2D eigenvalue weighted by Crippen LogP contribution is 2.24. The molecule has 4 nitrogen and oxygen atoms in total. The molecule has 0 aliphatic carbocycles. The van der Waals surface area contributed by atoms with E-state index in [-0.39, 0.29) is 0 Å². The van der Waals surface area contributed by atoms with Crippen LogP contribution in [0, 0.1) is 11.3 Å². The Kier molecular flexibility index (Phi) is 7.54. The van der Waals surface area contributed by atoms with Crippen LogP contribution in [0.2, 0.25) is 0 Å². The number of allylic oxidation sites excluding steroid dienone is 2. The minimum absolute atomic E-state index is 0.661. The number of rotatable bonds is 9. The minimum atomic E-state index is 0.661. The maximum atomic E-state index is 8.91. The summed E-state index contributed by atoms with van der Waals surface area (Å²) in [4.78, 5) is 8.86. The summed E-state index contributed by atoms with van der Waals surface area (Å²) in [5, 5.41) is 8.91. The number of benzene rings is 2. The molecule has 4 heteroatoms. The second-order valence-corrected chi connectivity index (χ2v) is 6.73. The molecule has 0 bridgehead atoms. The maximum Gasteiger partial charge on any atom is 0.159 e. The molecule has 0 amide bonds. The SMILES string of the molecule is CCC=CCCCCOc1cnc(-c2ccc(-c3ccc(C#N)cc3)cc2)nc1. The summed E-state index contributed by atoms with van der Waals surface area (Å²) in [6, 6.07) is 17.8. The van der Waals surface area contributed by atoms with Gasteiger partial charge in [-0.15, -0.1) is 0 Å². The van der Waals surface area contributed by atoms with Crippen molar-refractivity contribution < 1.29 is 4.74 Å². The molecule has 0 aliphatic rings. The Morgan fingerprint density at radius 1 is 0.862 bits per heavy atom. The van der Waals surface area contributed by atoms with E-state index in [2.05, 4.69) is 35.1 Å². The van der Waals surface area contributed by atoms with Crippen molar-refractivity contribution in [2.75, 3.05) is 6.61 Å². The van der Waals surface area contributed by atoms with Crippen LogP contribution in [-0.2, 0) is 0 Å². The molecule has 2 aromatic carbocycles. The van der Waals surface area contributed by atoms with Gasteiger partial charge in [-0.2, -0.15) is 5.26 Å². The number of ether oxygens (including phenoxy) is 1. The highest BCUT2D eigenvalue weighted by atomic mass is 16.5. The first kappa shape index (κ1) is 20.3. The Morgan fingerprint density at radius 2 is 1.48 bits per heavy atom. The van der Waals surface area contributed by atoms with E-state index < -0.39 is 0 Å². The third-order valence-corrected chi connectivity index (χ3v) is 4.55. The van der Waals surface area contributed by atoms with Gasteiger partial charge in [-0.3, -0.25) is 0 Å². The third kappa shape index (κ3) is 6.02. The topological polar surface area (TPSA) is 58.8 Å². The summed E-state index contributed by atoms with van der Waals surface area (Å²) in [6.45, 7) is 2.83. The van der Waals surface area contributed by atoms with Gasteiger partial charge in [0, 0.05) is 5.56 Å². The summed E-state index contributed by atoms with van der Waals surface area (Å²) in [5.74, 6) is 1.38. The predicted octanol–water partition coefficient (Wildman–Crippen LogP) is 6.20. The van der Waals surface area contributed by atoms with Crippen LogP contribution < -0.4 is 4.74 Å². The van der Waals surface area contributed by atoms with Crippen molar-refractivity contribution in [3.63, 3.8) is 0 Å². The number of nitrogens with zero attached hydrogens (tertiary/aromatic N) is 3. The van der Waals surface area contributed by atoms with Gasteiger partial charge in [0.2, 0.25) is 0 Å². The highest BCUT2D eigenvalue weighted by molar-refractivity contribution is 5.68. The van der Waals surface area contributed by atoms with Gasteiger partial charge in [0.25, 0.3) is 0 Å². The van der Waals surface area contributed by atoms with Crippen molar-refractivity contribution in [3.8, 4) is 34.3 Å². The van der Waals surface area contributed by atoms with Crippen LogP contribution in [-0.4, -0.2) is 16.6 Å². The standard InChI is InChI=1S/C25H25N3O/c1-2-3-4-5-6-7-16-29-24-18-27-25(28-19-24)23-14-12-22(13-15-23)21-10-8-20(17-26)9-11-21/h3-4,8-15,18-19H,2,5-7,16H2,1H3. The number of hydrogen-bond donors (Lipinski definition) is 0. The van der Waals surface area contributed by atoms with Gasteiger partial charge in [0.05, 0.1) is 30.6 Å². The van der Waals surface area contributed by atoms with Crippen molar-refractivity contribution in [1.29, 1.82) is 5.26 Å². The van der Waals surface area contributed by atoms with E-state index in [0.29, 0.717) is 23.7 Å². The Hall–Kier alpha value is -3.45. The van der Waals surface area contributed by atoms with Gasteiger partial charge in [-0.1, -0.05) is 55.5 Å². The Morgan fingerprint density at radius 3 is 2.10 bits per heavy atom. The fourth-order valence-electron chi connectivity index (χ4n) is 2.93. The normalized spacial score (nSPS) is 10.8. The lowest BCUT2D eigenvalue weighted by Crippen LogP contribution is -1.99. The van der Waals surface area contributed by atoms with Gasteiger partial charge in [0.15, 0.2) is 11.6 Å². The second-order valence-electron chi connectivity index (χ2n) is 6.73. The maximum absolute atomic E-state index is 8.91. The average molecular weight is 383 g/mol. The van der Waals surface area contributed by atoms with Crippen LogP contribution in [0.4, 0.5) is 0 Å². The number of aromatic nitrogens is 2. The minimum Gasteiger partial charge on any atom is -0.490 e. The van der Waals surface area contributed by atoms with E-state index in [0.717, 1.165) is 42.4 Å². The molecule has 3 rings (SSSR count). The highest BCUT2D eigenvalue weighted by Gasteiger charge is 2.04. The number of hydrogen-bond acceptors (Lipinski definition) is 4. The lowest BCUT2D eigenvalue weighted by atomic mass is 10.0. The summed E-state index contributed by atoms with van der Waals surface area (Å²) < 4.78 is 5.73. The van der Waals surface area contributed by atoms with E-state index >= 15 is 0 Å². The molecule has 0 fully saturated rings. The van der Waals surface area contributed by atoms with Crippen LogP contribution in [0.1, 0.15) is 38.2 Å². The number of nitriles is 1. The monoisotopic (exact) mass is 383 g/mol. The Bertz CT molecular complexity index is 953. The van der Waals surface area contributed by atoms with E-state index in [1.807, 2.05) is 48.5 Å². The molecule has 0 radical (unpaired) electrons. The molecular formula is C25H25N3O. The van der Waals surface area contributed by atoms with Gasteiger partial charge in [0.1, 0.15) is 0 Å². The zero-order chi connectivity index (χ0) is 20.3. The molecule has 29 heavy (non-hydrogen) atoms. The first-order valence-corrected chi connectivity index (χ1v) is 10.0. The molecule has 3 aromatic rings. The molecule has 146 valence electrons. The van der Waals surface area contributed by atoms with Crippen LogP contribution in [0.25, 0.3) is 22.5 Å². The molecule has 0 atom stereocenters. The first-order chi connectivity index (χ1) is 14.3. The van der Waals surface area contributed by atoms with Gasteiger partial charge in [-0.05, 0) is 48.9 Å². The average Bonchev–Trinajstić information content (AvgIpc) is 2.79. The van der Waals surface area contributed by atoms with Crippen molar-refractivity contribution >= 4 is 0 Å². The van der Waals surface area contributed by atoms with Gasteiger partial charge >= 0.3 is 0 Å². The summed E-state index contributed by atoms with van der Waals surface area (Å²) in [6.07, 6.45) is 12.2. The molecule has 0 N–H and O–H groups in total. The van der Waals surface area contributed by atoms with Crippen molar-refractivity contribution in [2.45, 2.75) is 32.6 Å². The zero-order valence-corrected chi connectivity index (χ0v) is 16.7. The molecule has 0 unspecified atom stereocenters. The summed E-state index contributed by atoms with van der Waals surface area (Å²) in [7, 11) is 0. The molecule has 1 aromatic heterocycles. The van der Waals surface area contributed by atoms with Crippen molar-refractivity contribution in [1.82, 2.24) is 9.97 Å². The first-order valence-electron chi connectivity index (χ1n) is 10.0. The molecule has 0 saturated heterocycles. The Balaban J connectivity index is 1.54. The summed E-state index contributed by atoms with van der Waals surface area (Å²) >= 11 is 0. The Labute approximate surface area is 172 Å². The quantitative estimate of drug-likeness (QED) is 0.326. The van der Waals surface area contributed by atoms with E-state index in [4.69, 9.17) is 10.00 Å². The smallest absolute Gasteiger partial charge is 0.159 e. The van der Waals surface area contributed by atoms with E-state index in [9.17, 15) is 0 Å². The predicted molar refractivity (Wildman–Crippen MR) is 116 cm³/mol. The largest absolute Gasteiger partial charge is 0.490 e. The molecule has 0 saturated carbocycles. The van der Waals surface area contributed by atoms with Crippen LogP contribution >= 0.6 is 0 Å². The fourth-order valence-corrected chi connectivity index (χ4v) is 2.93. The lowest BCUT2D eigenvalue weighted by molar-refractivity contribution is 0.305. The van der Waals surface area contributed by atoms with Crippen LogP contribution in [0.5, 0.6) is 5.75 Å². The molecule has 1 heterocycles. The second kappa shape index (κ2) is 10.8. The third-order valence-electron chi connectivity index (χ3n) is 4.55. The lowest BCUT2D eigenvalue weighted by Gasteiger charge is -2.07. The molecule has 0 aliphatic heterocycles. The van der Waals surface area contributed by atoms with E-state index in [1.165, 1.54) is 0 Å². The fraction of sp³-hybridized carbons (Fsp3) is 0.240.